The van der Waals surface area contributed by atoms with Crippen LogP contribution in [0.3, 0.4) is 0 Å². The first kappa shape index (κ1) is 32.8. The summed E-state index contributed by atoms with van der Waals surface area (Å²) in [6.45, 7) is 0.710. The zero-order valence-electron chi connectivity index (χ0n) is 16.0. The number of carboxylic acid groups (broad SMARTS) is 1. The van der Waals surface area contributed by atoms with Gasteiger partial charge in [0, 0.05) is 54.0 Å². The molecule has 0 fully saturated rings. The summed E-state index contributed by atoms with van der Waals surface area (Å²) < 4.78 is 13.6. The number of pyridine rings is 2. The number of halogens is 3. The summed E-state index contributed by atoms with van der Waals surface area (Å²) in [4.78, 5) is 29.0. The maximum Gasteiger partial charge on any atom is 0.339 e. The van der Waals surface area contributed by atoms with Gasteiger partial charge in [-0.2, -0.15) is 0 Å². The molecule has 0 radical (unpaired) electrons. The molecule has 10 nitrogen and oxygen atoms in total. The first-order valence-electron chi connectivity index (χ1n) is 7.55. The van der Waals surface area contributed by atoms with Crippen molar-refractivity contribution in [3.8, 4) is 0 Å². The number of rotatable bonds is 4. The lowest BCUT2D eigenvalue weighted by molar-refractivity contribution is 0.0599. The van der Waals surface area contributed by atoms with E-state index in [1.54, 1.807) is 18.2 Å². The number of aromatic nitrogens is 2. The Morgan fingerprint density at radius 3 is 1.60 bits per heavy atom. The number of nitrogens with zero attached hydrogens (tertiary/aromatic N) is 2. The van der Waals surface area contributed by atoms with Gasteiger partial charge in [-0.3, -0.25) is 9.97 Å². The average Bonchev–Trinajstić information content (AvgIpc) is 2.74. The van der Waals surface area contributed by atoms with Crippen LogP contribution in [0.4, 0.5) is 0 Å². The van der Waals surface area contributed by atoms with Gasteiger partial charge in [0.05, 0.1) is 29.6 Å². The van der Waals surface area contributed by atoms with Crippen LogP contribution in [-0.2, 0) is 27.1 Å². The van der Waals surface area contributed by atoms with Crippen LogP contribution in [0.2, 0.25) is 0 Å². The van der Waals surface area contributed by atoms with Crippen LogP contribution in [0.15, 0.2) is 36.7 Å². The van der Waals surface area contributed by atoms with Crippen molar-refractivity contribution in [1.29, 1.82) is 0 Å². The van der Waals surface area contributed by atoms with Crippen LogP contribution in [0.1, 0.15) is 32.1 Å². The number of esters is 1. The lowest BCUT2D eigenvalue weighted by Crippen LogP contribution is -2.04. The topological polar surface area (TPSA) is 179 Å². The van der Waals surface area contributed by atoms with Crippen LogP contribution < -0.4 is 11.5 Å². The summed E-state index contributed by atoms with van der Waals surface area (Å²) in [7, 11) is 9.69. The minimum atomic E-state index is -1.67. The molecule has 0 saturated heterocycles. The number of carboxylic acids is 1. The molecule has 170 valence electrons. The van der Waals surface area contributed by atoms with Crippen molar-refractivity contribution in [2.45, 2.75) is 13.1 Å². The third kappa shape index (κ3) is 16.0. The number of carbonyl (C=O) groups excluding carboxylic acids is 1. The number of aliphatic hydroxyl groups excluding tert-OH is 1. The van der Waals surface area contributed by atoms with Crippen LogP contribution >= 0.6 is 33.8 Å². The van der Waals surface area contributed by atoms with Crippen molar-refractivity contribution in [3.05, 3.63) is 59.2 Å². The number of hydrogen-bond donors (Lipinski definition) is 4. The molecule has 0 saturated carbocycles. The molecular formula is C16H23Cl3N4O6S. The SMILES string of the molecule is CO.COC(=O)c1ccc(CN)nc1.Cl.NCc1ccc(C(=O)O)cn1.O=S(Cl)Cl. The zero-order valence-corrected chi connectivity index (χ0v) is 19.2. The highest BCUT2D eigenvalue weighted by Gasteiger charge is 2.04. The molecule has 30 heavy (non-hydrogen) atoms. The van der Waals surface area contributed by atoms with Gasteiger partial charge in [-0.1, -0.05) is 0 Å². The van der Waals surface area contributed by atoms with Gasteiger partial charge in [0.2, 0.25) is 9.23 Å². The fraction of sp³-hybridized carbons (Fsp3) is 0.250. The molecule has 0 unspecified atom stereocenters. The Morgan fingerprint density at radius 1 is 1.00 bits per heavy atom. The minimum absolute atomic E-state index is 0. The second-order valence-corrected chi connectivity index (χ2v) is 6.99. The minimum Gasteiger partial charge on any atom is -0.478 e. The molecule has 14 heteroatoms. The van der Waals surface area contributed by atoms with Crippen LogP contribution in [0.5, 0.6) is 0 Å². The highest BCUT2D eigenvalue weighted by molar-refractivity contribution is 8.26. The highest BCUT2D eigenvalue weighted by atomic mass is 36.0. The molecular weight excluding hydrogens is 483 g/mol. The monoisotopic (exact) mass is 504 g/mol. The summed E-state index contributed by atoms with van der Waals surface area (Å²) in [6.07, 6.45) is 2.75. The van der Waals surface area contributed by atoms with Gasteiger partial charge in [0.25, 0.3) is 0 Å². The number of aliphatic hydroxyl groups is 1. The van der Waals surface area contributed by atoms with Crippen molar-refractivity contribution >= 4 is 54.9 Å². The fourth-order valence-corrected chi connectivity index (χ4v) is 1.46. The second-order valence-electron chi connectivity index (χ2n) is 4.47. The molecule has 6 N–H and O–H groups in total. The molecule has 0 atom stereocenters. The van der Waals surface area contributed by atoms with Crippen molar-refractivity contribution in [2.24, 2.45) is 11.5 Å². The molecule has 0 aliphatic rings. The summed E-state index contributed by atoms with van der Waals surface area (Å²) in [5, 5.41) is 15.5. The van der Waals surface area contributed by atoms with Gasteiger partial charge in [-0.25, -0.2) is 13.8 Å². The molecule has 0 aromatic carbocycles. The van der Waals surface area contributed by atoms with E-state index in [1.807, 2.05) is 0 Å². The maximum absolute atomic E-state index is 10.9. The van der Waals surface area contributed by atoms with E-state index in [9.17, 15) is 9.59 Å². The van der Waals surface area contributed by atoms with Gasteiger partial charge in [-0.05, 0) is 24.3 Å². The Morgan fingerprint density at radius 2 is 1.37 bits per heavy atom. The maximum atomic E-state index is 10.9. The standard InChI is InChI=1S/C8H10N2O2.C7H8N2O2.CH4O.Cl2OS.ClH/c1-12-8(11)6-2-3-7(4-9)10-5-6;8-3-6-2-1-5(4-9-6)7(10)11;1-2;1-4(2)3;/h2-3,5H,4,9H2,1H3;1-2,4H,3,8H2,(H,10,11);2H,1H3;;1H. The van der Waals surface area contributed by atoms with Crippen molar-refractivity contribution in [1.82, 2.24) is 9.97 Å². The molecule has 0 aliphatic heterocycles. The Balaban J connectivity index is -0.000000377. The number of nitrogens with two attached hydrogens (primary N) is 2. The Labute approximate surface area is 191 Å². The van der Waals surface area contributed by atoms with Crippen molar-refractivity contribution in [3.63, 3.8) is 0 Å². The predicted molar refractivity (Wildman–Crippen MR) is 118 cm³/mol. The van der Waals surface area contributed by atoms with Crippen LogP contribution in [-0.4, -0.2) is 50.5 Å². The highest BCUT2D eigenvalue weighted by Crippen LogP contribution is 2.01. The Kier molecular flexibility index (Phi) is 22.3. The van der Waals surface area contributed by atoms with Crippen LogP contribution in [0.25, 0.3) is 0 Å². The van der Waals surface area contributed by atoms with E-state index < -0.39 is 15.2 Å². The molecule has 0 amide bonds. The van der Waals surface area contributed by atoms with Gasteiger partial charge in [-0.15, -0.1) is 12.4 Å². The average molecular weight is 506 g/mol. The summed E-state index contributed by atoms with van der Waals surface area (Å²) in [6, 6.07) is 6.42. The number of aromatic carboxylic acids is 1. The van der Waals surface area contributed by atoms with Gasteiger partial charge < -0.3 is 26.4 Å². The second kappa shape index (κ2) is 20.4. The number of hydrogen-bond acceptors (Lipinski definition) is 9. The van der Waals surface area contributed by atoms with E-state index in [4.69, 9.17) is 25.9 Å². The Bertz CT molecular complexity index is 748. The zero-order chi connectivity index (χ0) is 22.8. The van der Waals surface area contributed by atoms with Gasteiger partial charge in [0.1, 0.15) is 0 Å². The molecule has 0 spiro atoms. The number of methoxy groups -OCH3 is 1. The molecule has 2 heterocycles. The summed E-state index contributed by atoms with van der Waals surface area (Å²) in [5.74, 6) is -1.35. The largest absolute Gasteiger partial charge is 0.478 e. The smallest absolute Gasteiger partial charge is 0.339 e. The van der Waals surface area contributed by atoms with E-state index in [-0.39, 0.29) is 23.9 Å². The third-order valence-electron chi connectivity index (χ3n) is 2.74. The van der Waals surface area contributed by atoms with E-state index in [0.717, 1.165) is 12.8 Å². The quantitative estimate of drug-likeness (QED) is 0.352. The molecule has 0 bridgehead atoms. The number of ether oxygens (including phenoxy) is 1. The lowest BCUT2D eigenvalue weighted by atomic mass is 10.2. The fourth-order valence-electron chi connectivity index (χ4n) is 1.46. The van der Waals surface area contributed by atoms with E-state index in [2.05, 4.69) is 36.1 Å². The Hall–Kier alpha value is -1.86. The summed E-state index contributed by atoms with van der Waals surface area (Å²) in [5.41, 5.74) is 12.7. The first-order chi connectivity index (χ1) is 13.7. The van der Waals surface area contributed by atoms with Crippen molar-refractivity contribution < 1.29 is 28.7 Å². The molecule has 0 aliphatic carbocycles. The molecule has 2 aromatic heterocycles. The lowest BCUT2D eigenvalue weighted by Gasteiger charge is -1.98. The van der Waals surface area contributed by atoms with E-state index in [1.165, 1.54) is 25.6 Å². The predicted octanol–water partition coefficient (Wildman–Crippen LogP) is 1.64. The van der Waals surface area contributed by atoms with Gasteiger partial charge in [0.15, 0.2) is 0 Å². The third-order valence-corrected chi connectivity index (χ3v) is 2.74. The molecule has 2 rings (SSSR count). The summed E-state index contributed by atoms with van der Waals surface area (Å²) >= 11 is 0. The number of carbonyl (C=O) groups is 2. The van der Waals surface area contributed by atoms with Gasteiger partial charge >= 0.3 is 11.9 Å². The van der Waals surface area contributed by atoms with E-state index >= 15 is 0 Å². The van der Waals surface area contributed by atoms with Crippen LogP contribution in [0, 0.1) is 0 Å². The van der Waals surface area contributed by atoms with E-state index in [0.29, 0.717) is 24.3 Å². The normalized spacial score (nSPS) is 8.67. The molecule has 2 aromatic rings. The first-order valence-corrected chi connectivity index (χ1v) is 10.4. The van der Waals surface area contributed by atoms with Crippen molar-refractivity contribution in [2.75, 3.05) is 14.2 Å².